The Labute approximate surface area is 114 Å². The molecular weight excluding hydrogens is 275 g/mol. The molecule has 4 nitrogen and oxygen atoms in total. The molecule has 0 saturated carbocycles. The van der Waals surface area contributed by atoms with Gasteiger partial charge in [0.25, 0.3) is 0 Å². The van der Waals surface area contributed by atoms with E-state index in [0.29, 0.717) is 25.7 Å². The van der Waals surface area contributed by atoms with Crippen LogP contribution < -0.4 is 15.2 Å². The normalized spacial score (nSPS) is 16.4. The Morgan fingerprint density at radius 3 is 2.60 bits per heavy atom. The van der Waals surface area contributed by atoms with Crippen molar-refractivity contribution < 1.29 is 27.4 Å². The number of alkyl halides is 2. The lowest BCUT2D eigenvalue weighted by atomic mass is 10.0. The van der Waals surface area contributed by atoms with Gasteiger partial charge < -0.3 is 19.9 Å². The molecule has 1 saturated heterocycles. The lowest BCUT2D eigenvalue weighted by Gasteiger charge is -2.22. The molecule has 1 aromatic carbocycles. The lowest BCUT2D eigenvalue weighted by molar-refractivity contribution is -0.0523. The van der Waals surface area contributed by atoms with Crippen molar-refractivity contribution in [1.82, 2.24) is 0 Å². The zero-order valence-electron chi connectivity index (χ0n) is 10.8. The SMILES string of the molecule is Nc1cc(F)c(OC(F)F)cc1OCC1CCOCC1. The summed E-state index contributed by atoms with van der Waals surface area (Å²) in [7, 11) is 0. The van der Waals surface area contributed by atoms with Crippen molar-refractivity contribution in [1.29, 1.82) is 0 Å². The highest BCUT2D eigenvalue weighted by Gasteiger charge is 2.17. The van der Waals surface area contributed by atoms with E-state index in [0.717, 1.165) is 25.0 Å². The molecule has 0 aliphatic carbocycles. The van der Waals surface area contributed by atoms with E-state index < -0.39 is 18.2 Å². The van der Waals surface area contributed by atoms with E-state index in [4.69, 9.17) is 15.2 Å². The van der Waals surface area contributed by atoms with Crippen molar-refractivity contribution in [2.75, 3.05) is 25.6 Å². The van der Waals surface area contributed by atoms with Gasteiger partial charge in [0.1, 0.15) is 5.75 Å². The second-order valence-electron chi connectivity index (χ2n) is 4.57. The monoisotopic (exact) mass is 291 g/mol. The van der Waals surface area contributed by atoms with Crippen LogP contribution in [0.4, 0.5) is 18.9 Å². The molecule has 7 heteroatoms. The first-order chi connectivity index (χ1) is 9.56. The van der Waals surface area contributed by atoms with Crippen molar-refractivity contribution in [2.45, 2.75) is 19.5 Å². The molecule has 0 atom stereocenters. The zero-order valence-corrected chi connectivity index (χ0v) is 10.8. The summed E-state index contributed by atoms with van der Waals surface area (Å²) < 4.78 is 52.4. The number of anilines is 1. The second-order valence-corrected chi connectivity index (χ2v) is 4.57. The summed E-state index contributed by atoms with van der Waals surface area (Å²) in [5.74, 6) is -1.06. The Balaban J connectivity index is 2.02. The average molecular weight is 291 g/mol. The summed E-state index contributed by atoms with van der Waals surface area (Å²) in [5, 5.41) is 0. The van der Waals surface area contributed by atoms with Gasteiger partial charge in [0.15, 0.2) is 11.6 Å². The molecule has 1 fully saturated rings. The average Bonchev–Trinajstić information content (AvgIpc) is 2.41. The molecule has 112 valence electrons. The van der Waals surface area contributed by atoms with E-state index in [9.17, 15) is 13.2 Å². The predicted octanol–water partition coefficient (Wildman–Crippen LogP) is 2.81. The van der Waals surface area contributed by atoms with Crippen LogP contribution in [0.5, 0.6) is 11.5 Å². The summed E-state index contributed by atoms with van der Waals surface area (Å²) >= 11 is 0. The van der Waals surface area contributed by atoms with Crippen LogP contribution in [0.2, 0.25) is 0 Å². The van der Waals surface area contributed by atoms with Gasteiger partial charge in [0.2, 0.25) is 0 Å². The largest absolute Gasteiger partial charge is 0.491 e. The van der Waals surface area contributed by atoms with Crippen LogP contribution in [0.3, 0.4) is 0 Å². The first-order valence-electron chi connectivity index (χ1n) is 6.30. The summed E-state index contributed by atoms with van der Waals surface area (Å²) in [4.78, 5) is 0. The molecule has 2 N–H and O–H groups in total. The maximum Gasteiger partial charge on any atom is 0.387 e. The van der Waals surface area contributed by atoms with E-state index in [1.165, 1.54) is 0 Å². The van der Waals surface area contributed by atoms with Gasteiger partial charge in [-0.3, -0.25) is 0 Å². The molecule has 0 spiro atoms. The highest BCUT2D eigenvalue weighted by Crippen LogP contribution is 2.31. The molecule has 1 heterocycles. The van der Waals surface area contributed by atoms with Crippen LogP contribution in [-0.2, 0) is 4.74 Å². The van der Waals surface area contributed by atoms with Crippen LogP contribution in [0.1, 0.15) is 12.8 Å². The molecule has 1 aliphatic rings. The van der Waals surface area contributed by atoms with Crippen LogP contribution in [0.25, 0.3) is 0 Å². The van der Waals surface area contributed by atoms with Gasteiger partial charge in [-0.25, -0.2) is 4.39 Å². The van der Waals surface area contributed by atoms with Crippen molar-refractivity contribution >= 4 is 5.69 Å². The number of hydrogen-bond donors (Lipinski definition) is 1. The first-order valence-corrected chi connectivity index (χ1v) is 6.30. The summed E-state index contributed by atoms with van der Waals surface area (Å²) in [5.41, 5.74) is 5.66. The Bertz CT molecular complexity index is 451. The molecule has 0 amide bonds. The number of rotatable bonds is 5. The lowest BCUT2D eigenvalue weighted by Crippen LogP contribution is -2.21. The number of benzene rings is 1. The Kier molecular flexibility index (Phi) is 4.94. The molecule has 0 aromatic heterocycles. The first kappa shape index (κ1) is 14.8. The number of nitrogen functional groups attached to an aromatic ring is 1. The quantitative estimate of drug-likeness (QED) is 0.848. The van der Waals surface area contributed by atoms with Gasteiger partial charge in [0.05, 0.1) is 12.3 Å². The van der Waals surface area contributed by atoms with Crippen molar-refractivity contribution in [3.63, 3.8) is 0 Å². The van der Waals surface area contributed by atoms with Crippen LogP contribution in [0.15, 0.2) is 12.1 Å². The fraction of sp³-hybridized carbons (Fsp3) is 0.538. The van der Waals surface area contributed by atoms with E-state index in [2.05, 4.69) is 4.74 Å². The van der Waals surface area contributed by atoms with Crippen LogP contribution in [-0.4, -0.2) is 26.4 Å². The molecule has 0 unspecified atom stereocenters. The van der Waals surface area contributed by atoms with Gasteiger partial charge in [0, 0.05) is 25.3 Å². The number of hydrogen-bond acceptors (Lipinski definition) is 4. The Morgan fingerprint density at radius 1 is 1.25 bits per heavy atom. The fourth-order valence-electron chi connectivity index (χ4n) is 1.98. The third-order valence-corrected chi connectivity index (χ3v) is 3.10. The second kappa shape index (κ2) is 6.69. The van der Waals surface area contributed by atoms with E-state index in [-0.39, 0.29) is 11.4 Å². The molecule has 1 aromatic rings. The summed E-state index contributed by atoms with van der Waals surface area (Å²) in [6.45, 7) is -1.37. The molecule has 20 heavy (non-hydrogen) atoms. The third kappa shape index (κ3) is 3.93. The molecular formula is C13H16F3NO3. The minimum atomic E-state index is -3.10. The summed E-state index contributed by atoms with van der Waals surface area (Å²) in [6.07, 6.45) is 1.73. The van der Waals surface area contributed by atoms with E-state index in [1.54, 1.807) is 0 Å². The van der Waals surface area contributed by atoms with E-state index >= 15 is 0 Å². The fourth-order valence-corrected chi connectivity index (χ4v) is 1.98. The maximum absolute atomic E-state index is 13.4. The van der Waals surface area contributed by atoms with Gasteiger partial charge in [-0.05, 0) is 18.8 Å². The maximum atomic E-state index is 13.4. The molecule has 1 aliphatic heterocycles. The zero-order chi connectivity index (χ0) is 14.5. The third-order valence-electron chi connectivity index (χ3n) is 3.10. The highest BCUT2D eigenvalue weighted by molar-refractivity contribution is 5.56. The van der Waals surface area contributed by atoms with Gasteiger partial charge >= 0.3 is 6.61 Å². The Hall–Kier alpha value is -1.63. The topological polar surface area (TPSA) is 53.7 Å². The highest BCUT2D eigenvalue weighted by atomic mass is 19.3. The standard InChI is InChI=1S/C13H16F3NO3/c14-9-5-10(17)12(6-11(9)20-13(15)16)19-7-8-1-3-18-4-2-8/h5-6,8,13H,1-4,7,17H2. The van der Waals surface area contributed by atoms with Crippen molar-refractivity contribution in [3.05, 3.63) is 17.9 Å². The number of nitrogens with two attached hydrogens (primary N) is 1. The number of ether oxygens (including phenoxy) is 3. The van der Waals surface area contributed by atoms with Crippen molar-refractivity contribution in [3.8, 4) is 11.5 Å². The van der Waals surface area contributed by atoms with Gasteiger partial charge in [-0.2, -0.15) is 8.78 Å². The van der Waals surface area contributed by atoms with E-state index in [1.807, 2.05) is 0 Å². The van der Waals surface area contributed by atoms with Gasteiger partial charge in [-0.15, -0.1) is 0 Å². The number of halogens is 3. The van der Waals surface area contributed by atoms with Gasteiger partial charge in [-0.1, -0.05) is 0 Å². The summed E-state index contributed by atoms with van der Waals surface area (Å²) in [6, 6.07) is 1.97. The van der Waals surface area contributed by atoms with Crippen LogP contribution in [0, 0.1) is 11.7 Å². The minimum absolute atomic E-state index is 0.0520. The minimum Gasteiger partial charge on any atom is -0.491 e. The Morgan fingerprint density at radius 2 is 1.95 bits per heavy atom. The van der Waals surface area contributed by atoms with Crippen molar-refractivity contribution in [2.24, 2.45) is 5.92 Å². The molecule has 0 radical (unpaired) electrons. The van der Waals surface area contributed by atoms with Crippen LogP contribution >= 0.6 is 0 Å². The smallest absolute Gasteiger partial charge is 0.387 e. The molecule has 0 bridgehead atoms. The predicted molar refractivity (Wildman–Crippen MR) is 66.5 cm³/mol. The molecule has 2 rings (SSSR count).